The zero-order valence-corrected chi connectivity index (χ0v) is 16.6. The maximum Gasteiger partial charge on any atom is 0.191 e. The standard InChI is InChI=1S/C17H33N3O.HI/c1-3-18-17(19-11-8-12-21-4-2)20-16-13-15(16)14-9-6-5-7-10-14;/h14-16H,3-13H2,1-2H3,(H2,18,19,20);1H. The summed E-state index contributed by atoms with van der Waals surface area (Å²) in [5.41, 5.74) is 0. The largest absolute Gasteiger partial charge is 0.382 e. The van der Waals surface area contributed by atoms with Gasteiger partial charge in [-0.3, -0.25) is 4.99 Å². The van der Waals surface area contributed by atoms with Crippen LogP contribution in [0.5, 0.6) is 0 Å². The number of nitrogens with zero attached hydrogens (tertiary/aromatic N) is 1. The van der Waals surface area contributed by atoms with Crippen LogP contribution in [0.15, 0.2) is 4.99 Å². The van der Waals surface area contributed by atoms with Crippen LogP contribution in [-0.2, 0) is 4.74 Å². The van der Waals surface area contributed by atoms with Gasteiger partial charge >= 0.3 is 0 Å². The van der Waals surface area contributed by atoms with E-state index >= 15 is 0 Å². The van der Waals surface area contributed by atoms with Gasteiger partial charge in [-0.1, -0.05) is 32.1 Å². The molecule has 0 heterocycles. The number of rotatable bonds is 8. The lowest BCUT2D eigenvalue weighted by atomic mass is 9.85. The van der Waals surface area contributed by atoms with Crippen molar-refractivity contribution in [3.05, 3.63) is 0 Å². The molecule has 0 aliphatic heterocycles. The molecule has 0 aromatic rings. The van der Waals surface area contributed by atoms with Crippen molar-refractivity contribution >= 4 is 29.9 Å². The predicted molar refractivity (Wildman–Crippen MR) is 104 cm³/mol. The molecule has 2 rings (SSSR count). The summed E-state index contributed by atoms with van der Waals surface area (Å²) in [5, 5.41) is 6.99. The first-order valence-corrected chi connectivity index (χ1v) is 8.97. The van der Waals surface area contributed by atoms with Crippen LogP contribution in [0.2, 0.25) is 0 Å². The quantitative estimate of drug-likeness (QED) is 0.272. The van der Waals surface area contributed by atoms with Crippen LogP contribution >= 0.6 is 24.0 Å². The molecule has 2 unspecified atom stereocenters. The van der Waals surface area contributed by atoms with Crippen LogP contribution in [0.4, 0.5) is 0 Å². The van der Waals surface area contributed by atoms with E-state index in [1.54, 1.807) is 0 Å². The average molecular weight is 423 g/mol. The fourth-order valence-corrected chi connectivity index (χ4v) is 3.46. The molecule has 2 aliphatic carbocycles. The van der Waals surface area contributed by atoms with Gasteiger partial charge in [0.25, 0.3) is 0 Å². The second-order valence-corrected chi connectivity index (χ2v) is 6.36. The minimum Gasteiger partial charge on any atom is -0.382 e. The Morgan fingerprint density at radius 1 is 1.18 bits per heavy atom. The molecule has 0 bridgehead atoms. The van der Waals surface area contributed by atoms with E-state index in [-0.39, 0.29) is 24.0 Å². The van der Waals surface area contributed by atoms with E-state index in [0.29, 0.717) is 6.04 Å². The van der Waals surface area contributed by atoms with Crippen LogP contribution in [0.25, 0.3) is 0 Å². The Morgan fingerprint density at radius 2 is 1.95 bits per heavy atom. The highest BCUT2D eigenvalue weighted by atomic mass is 127. The van der Waals surface area contributed by atoms with Crippen molar-refractivity contribution in [2.75, 3.05) is 26.3 Å². The highest BCUT2D eigenvalue weighted by Gasteiger charge is 2.43. The number of hydrogen-bond acceptors (Lipinski definition) is 2. The smallest absolute Gasteiger partial charge is 0.191 e. The molecule has 2 saturated carbocycles. The second kappa shape index (κ2) is 11.5. The Kier molecular flexibility index (Phi) is 10.4. The topological polar surface area (TPSA) is 45.7 Å². The molecule has 4 nitrogen and oxygen atoms in total. The number of hydrogen-bond donors (Lipinski definition) is 2. The molecule has 2 N–H and O–H groups in total. The van der Waals surface area contributed by atoms with Gasteiger partial charge in [0.15, 0.2) is 5.96 Å². The Hall–Kier alpha value is -0.0400. The fourth-order valence-electron chi connectivity index (χ4n) is 3.46. The number of guanidine groups is 1. The van der Waals surface area contributed by atoms with E-state index in [9.17, 15) is 0 Å². The molecule has 0 amide bonds. The van der Waals surface area contributed by atoms with Crippen LogP contribution in [0.1, 0.15) is 58.8 Å². The minimum atomic E-state index is 0. The molecule has 0 aromatic heterocycles. The SMILES string of the molecule is CCNC(=NCCCOCC)NC1CC1C1CCCCC1.I. The molecular formula is C17H34IN3O. The van der Waals surface area contributed by atoms with Crippen LogP contribution in [-0.4, -0.2) is 38.3 Å². The number of nitrogens with one attached hydrogen (secondary N) is 2. The lowest BCUT2D eigenvalue weighted by Gasteiger charge is -2.22. The van der Waals surface area contributed by atoms with Gasteiger partial charge in [-0.05, 0) is 38.5 Å². The van der Waals surface area contributed by atoms with Crippen molar-refractivity contribution in [3.8, 4) is 0 Å². The summed E-state index contributed by atoms with van der Waals surface area (Å²) in [5.74, 6) is 2.87. The first kappa shape index (κ1) is 20.0. The Balaban J connectivity index is 0.00000242. The van der Waals surface area contributed by atoms with Crippen molar-refractivity contribution in [1.29, 1.82) is 0 Å². The maximum atomic E-state index is 5.36. The highest BCUT2D eigenvalue weighted by Crippen LogP contribution is 2.44. The molecule has 0 spiro atoms. The molecule has 0 radical (unpaired) electrons. The molecule has 2 atom stereocenters. The van der Waals surface area contributed by atoms with Crippen molar-refractivity contribution in [3.63, 3.8) is 0 Å². The van der Waals surface area contributed by atoms with E-state index in [1.807, 2.05) is 6.92 Å². The van der Waals surface area contributed by atoms with E-state index in [0.717, 1.165) is 50.5 Å². The summed E-state index contributed by atoms with van der Waals surface area (Å²) < 4.78 is 5.36. The van der Waals surface area contributed by atoms with Gasteiger partial charge < -0.3 is 15.4 Å². The van der Waals surface area contributed by atoms with E-state index in [1.165, 1.54) is 38.5 Å². The molecule has 22 heavy (non-hydrogen) atoms. The van der Waals surface area contributed by atoms with Gasteiger partial charge in [-0.25, -0.2) is 0 Å². The van der Waals surface area contributed by atoms with Gasteiger partial charge in [0.2, 0.25) is 0 Å². The van der Waals surface area contributed by atoms with Crippen molar-refractivity contribution in [2.24, 2.45) is 16.8 Å². The number of ether oxygens (including phenoxy) is 1. The normalized spacial score (nSPS) is 25.5. The summed E-state index contributed by atoms with van der Waals surface area (Å²) >= 11 is 0. The highest BCUT2D eigenvalue weighted by molar-refractivity contribution is 14.0. The molecule has 0 saturated heterocycles. The van der Waals surface area contributed by atoms with Crippen molar-refractivity contribution in [1.82, 2.24) is 10.6 Å². The van der Waals surface area contributed by atoms with Crippen LogP contribution in [0, 0.1) is 11.8 Å². The molecular weight excluding hydrogens is 389 g/mol. The molecule has 5 heteroatoms. The van der Waals surface area contributed by atoms with E-state index < -0.39 is 0 Å². The predicted octanol–water partition coefficient (Wildman–Crippen LogP) is 3.55. The lowest BCUT2D eigenvalue weighted by molar-refractivity contribution is 0.146. The first-order valence-electron chi connectivity index (χ1n) is 8.97. The Morgan fingerprint density at radius 3 is 2.64 bits per heavy atom. The zero-order chi connectivity index (χ0) is 14.9. The maximum absolute atomic E-state index is 5.36. The van der Waals surface area contributed by atoms with E-state index in [4.69, 9.17) is 4.74 Å². The summed E-state index contributed by atoms with van der Waals surface area (Å²) in [6.45, 7) is 7.55. The van der Waals surface area contributed by atoms with E-state index in [2.05, 4.69) is 22.5 Å². The molecule has 2 fully saturated rings. The third kappa shape index (κ3) is 7.02. The summed E-state index contributed by atoms with van der Waals surface area (Å²) in [4.78, 5) is 4.66. The van der Waals surface area contributed by atoms with Crippen molar-refractivity contribution < 1.29 is 4.74 Å². The number of aliphatic imine (C=N–C) groups is 1. The van der Waals surface area contributed by atoms with Gasteiger partial charge in [0.05, 0.1) is 0 Å². The second-order valence-electron chi connectivity index (χ2n) is 6.36. The first-order chi connectivity index (χ1) is 10.3. The third-order valence-corrected chi connectivity index (χ3v) is 4.68. The molecule has 130 valence electrons. The lowest BCUT2D eigenvalue weighted by Crippen LogP contribution is -2.39. The van der Waals surface area contributed by atoms with Gasteiger partial charge in [0, 0.05) is 32.3 Å². The zero-order valence-electron chi connectivity index (χ0n) is 14.3. The Bertz CT molecular complexity index is 319. The van der Waals surface area contributed by atoms with Crippen LogP contribution in [0.3, 0.4) is 0 Å². The van der Waals surface area contributed by atoms with Gasteiger partial charge in [-0.2, -0.15) is 0 Å². The summed E-state index contributed by atoms with van der Waals surface area (Å²) in [7, 11) is 0. The monoisotopic (exact) mass is 423 g/mol. The summed E-state index contributed by atoms with van der Waals surface area (Å²) in [6, 6.07) is 0.665. The van der Waals surface area contributed by atoms with Gasteiger partial charge in [-0.15, -0.1) is 24.0 Å². The van der Waals surface area contributed by atoms with Crippen molar-refractivity contribution in [2.45, 2.75) is 64.8 Å². The molecule has 0 aromatic carbocycles. The number of halogens is 1. The fraction of sp³-hybridized carbons (Fsp3) is 0.941. The third-order valence-electron chi connectivity index (χ3n) is 4.68. The minimum absolute atomic E-state index is 0. The average Bonchev–Trinajstić information content (AvgIpc) is 3.27. The summed E-state index contributed by atoms with van der Waals surface area (Å²) in [6.07, 6.45) is 9.58. The molecule has 2 aliphatic rings. The van der Waals surface area contributed by atoms with Gasteiger partial charge in [0.1, 0.15) is 0 Å². The Labute approximate surface area is 153 Å². The van der Waals surface area contributed by atoms with Crippen LogP contribution < -0.4 is 10.6 Å².